The number of rotatable bonds is 15. The van der Waals surface area contributed by atoms with Gasteiger partial charge in [-0.05, 0) is 90.1 Å². The average Bonchev–Trinajstić information content (AvgIpc) is 3.29. The molecule has 0 spiro atoms. The summed E-state index contributed by atoms with van der Waals surface area (Å²) in [6.45, 7) is 8.52. The standard InChI is InChI=1S/C25H28ClN3O3.C25H30ClN3O/c1-27-12-14-28(15-13-27)22-17-21(25(29(30)31)24(18-22)32-16-11-26)10-9-20-7-4-6-19-5-2-3-8-23(19)20;1-28-12-14-29(15-13-28)22-17-21(25(27)24(18-22)30-16-11-26)10-9-20-7-4-6-19-5-2-3-8-23(19)20/h2-8,17-18H,9-16H2,1H3;2-8,17-18H,9-16,27H2,1H3. The fourth-order valence-corrected chi connectivity index (χ4v) is 8.66. The largest absolute Gasteiger partial charge is 0.490 e. The molecular formula is C50H58Cl2N6O4. The van der Waals surface area contributed by atoms with Gasteiger partial charge in [-0.2, -0.15) is 0 Å². The van der Waals surface area contributed by atoms with Crippen LogP contribution in [0.1, 0.15) is 22.3 Å². The van der Waals surface area contributed by atoms with Gasteiger partial charge in [0.15, 0.2) is 5.75 Å². The number of hydrogen-bond acceptors (Lipinski definition) is 9. The molecule has 0 bridgehead atoms. The van der Waals surface area contributed by atoms with E-state index >= 15 is 0 Å². The summed E-state index contributed by atoms with van der Waals surface area (Å²) in [5.41, 5.74) is 13.8. The second-order valence-electron chi connectivity index (χ2n) is 16.2. The van der Waals surface area contributed by atoms with Crippen molar-refractivity contribution < 1.29 is 14.4 Å². The molecule has 0 radical (unpaired) electrons. The topological polar surface area (TPSA) is 101 Å². The number of nitro benzene ring substituents is 1. The Labute approximate surface area is 375 Å². The molecule has 6 aromatic carbocycles. The number of likely N-dealkylation sites (N-methyl/N-ethyl adjacent to an activating group) is 2. The van der Waals surface area contributed by atoms with E-state index in [2.05, 4.69) is 113 Å². The number of nitrogens with two attached hydrogens (primary N) is 1. The van der Waals surface area contributed by atoms with Gasteiger partial charge in [0.2, 0.25) is 0 Å². The molecule has 326 valence electrons. The van der Waals surface area contributed by atoms with Crippen molar-refractivity contribution >= 4 is 67.5 Å². The quantitative estimate of drug-likeness (QED) is 0.0468. The predicted molar refractivity (Wildman–Crippen MR) is 259 cm³/mol. The van der Waals surface area contributed by atoms with Crippen LogP contribution in [0.15, 0.2) is 109 Å². The molecule has 12 heteroatoms. The molecular weight excluding hydrogens is 819 g/mol. The van der Waals surface area contributed by atoms with Crippen LogP contribution in [0.2, 0.25) is 0 Å². The van der Waals surface area contributed by atoms with Gasteiger partial charge in [-0.1, -0.05) is 84.9 Å². The van der Waals surface area contributed by atoms with E-state index in [4.69, 9.17) is 38.4 Å². The highest BCUT2D eigenvalue weighted by atomic mass is 35.5. The lowest BCUT2D eigenvalue weighted by atomic mass is 9.97. The molecule has 62 heavy (non-hydrogen) atoms. The molecule has 0 aromatic heterocycles. The Morgan fingerprint density at radius 2 is 0.984 bits per heavy atom. The Kier molecular flexibility index (Phi) is 15.7. The van der Waals surface area contributed by atoms with Gasteiger partial charge in [0.25, 0.3) is 0 Å². The third-order valence-corrected chi connectivity index (χ3v) is 12.3. The van der Waals surface area contributed by atoms with Gasteiger partial charge in [0.1, 0.15) is 19.0 Å². The molecule has 10 nitrogen and oxygen atoms in total. The molecule has 2 aliphatic heterocycles. The van der Waals surface area contributed by atoms with Gasteiger partial charge < -0.3 is 34.8 Å². The molecule has 2 saturated heterocycles. The number of nitro groups is 1. The Hall–Kier alpha value is -5.26. The summed E-state index contributed by atoms with van der Waals surface area (Å²) in [6.07, 6.45) is 3.08. The summed E-state index contributed by atoms with van der Waals surface area (Å²) in [4.78, 5) is 21.1. The van der Waals surface area contributed by atoms with Crippen molar-refractivity contribution in [1.29, 1.82) is 0 Å². The summed E-state index contributed by atoms with van der Waals surface area (Å²) in [7, 11) is 4.28. The zero-order valence-electron chi connectivity index (χ0n) is 35.9. The monoisotopic (exact) mass is 876 g/mol. The molecule has 2 fully saturated rings. The number of alkyl halides is 2. The Morgan fingerprint density at radius 3 is 1.48 bits per heavy atom. The number of halogens is 2. The Morgan fingerprint density at radius 1 is 0.565 bits per heavy atom. The van der Waals surface area contributed by atoms with Gasteiger partial charge in [-0.3, -0.25) is 10.1 Å². The molecule has 2 heterocycles. The minimum absolute atomic E-state index is 0.0493. The van der Waals surface area contributed by atoms with Crippen molar-refractivity contribution in [3.05, 3.63) is 142 Å². The molecule has 0 atom stereocenters. The maximum atomic E-state index is 12.0. The van der Waals surface area contributed by atoms with Crippen molar-refractivity contribution in [2.24, 2.45) is 0 Å². The smallest absolute Gasteiger partial charge is 0.314 e. The Bertz CT molecular complexity index is 2420. The number of nitrogen functional groups attached to an aromatic ring is 1. The van der Waals surface area contributed by atoms with Crippen LogP contribution in [0, 0.1) is 10.1 Å². The van der Waals surface area contributed by atoms with Crippen molar-refractivity contribution in [2.45, 2.75) is 25.7 Å². The second kappa shape index (κ2) is 21.7. The predicted octanol–water partition coefficient (Wildman–Crippen LogP) is 9.48. The van der Waals surface area contributed by atoms with Crippen molar-refractivity contribution in [3.8, 4) is 11.5 Å². The molecule has 8 rings (SSSR count). The van der Waals surface area contributed by atoms with Crippen molar-refractivity contribution in [1.82, 2.24) is 9.80 Å². The second-order valence-corrected chi connectivity index (χ2v) is 16.9. The lowest BCUT2D eigenvalue weighted by Crippen LogP contribution is -2.44. The summed E-state index contributed by atoms with van der Waals surface area (Å²) in [6, 6.07) is 37.7. The van der Waals surface area contributed by atoms with Gasteiger partial charge in [-0.15, -0.1) is 23.2 Å². The highest BCUT2D eigenvalue weighted by Crippen LogP contribution is 2.38. The molecule has 6 aromatic rings. The van der Waals surface area contributed by atoms with Gasteiger partial charge in [0, 0.05) is 81.4 Å². The number of benzene rings is 6. The maximum absolute atomic E-state index is 12.0. The zero-order valence-corrected chi connectivity index (χ0v) is 37.4. The first kappa shape index (κ1) is 44.8. The number of aryl methyl sites for hydroxylation is 4. The van der Waals surface area contributed by atoms with Crippen LogP contribution in [0.4, 0.5) is 22.7 Å². The number of nitrogens with zero attached hydrogens (tertiary/aromatic N) is 5. The Balaban J connectivity index is 0.000000187. The molecule has 0 unspecified atom stereocenters. The maximum Gasteiger partial charge on any atom is 0.314 e. The van der Waals surface area contributed by atoms with Crippen LogP contribution in [0.3, 0.4) is 0 Å². The summed E-state index contributed by atoms with van der Waals surface area (Å²) < 4.78 is 11.7. The number of hydrogen-bond donors (Lipinski definition) is 1. The van der Waals surface area contributed by atoms with Crippen LogP contribution >= 0.6 is 23.2 Å². The zero-order chi connectivity index (χ0) is 43.4. The van der Waals surface area contributed by atoms with E-state index in [1.165, 1.54) is 38.4 Å². The van der Waals surface area contributed by atoms with E-state index in [1.807, 2.05) is 24.3 Å². The minimum atomic E-state index is -0.324. The van der Waals surface area contributed by atoms with Gasteiger partial charge in [-0.25, -0.2) is 0 Å². The molecule has 0 amide bonds. The van der Waals surface area contributed by atoms with E-state index in [0.29, 0.717) is 36.6 Å². The minimum Gasteiger partial charge on any atom is -0.490 e. The first-order valence-corrected chi connectivity index (χ1v) is 22.7. The average molecular weight is 878 g/mol. The number of ether oxygens (including phenoxy) is 2. The fraction of sp³-hybridized carbons (Fsp3) is 0.360. The van der Waals surface area contributed by atoms with E-state index in [1.54, 1.807) is 6.07 Å². The van der Waals surface area contributed by atoms with Crippen molar-refractivity contribution in [2.75, 3.05) is 107 Å². The SMILES string of the molecule is CN1CCN(c2cc(CCc3cccc4ccccc34)c(N)c(OCCCl)c2)CC1.CN1CCN(c2cc(CCc3cccc4ccccc34)c([N+](=O)[O-])c(OCCCl)c2)CC1. The van der Waals surface area contributed by atoms with Crippen LogP contribution in [-0.2, 0) is 25.7 Å². The molecule has 0 aliphatic carbocycles. The normalized spacial score (nSPS) is 14.8. The molecule has 2 aliphatic rings. The number of piperazine rings is 2. The molecule has 0 saturated carbocycles. The molecule has 2 N–H and O–H groups in total. The third-order valence-electron chi connectivity index (χ3n) is 12.0. The number of fused-ring (bicyclic) bond motifs is 2. The van der Waals surface area contributed by atoms with Crippen molar-refractivity contribution in [3.63, 3.8) is 0 Å². The van der Waals surface area contributed by atoms with Crippen LogP contribution in [0.5, 0.6) is 11.5 Å². The summed E-state index contributed by atoms with van der Waals surface area (Å²) in [5.74, 6) is 1.78. The summed E-state index contributed by atoms with van der Waals surface area (Å²) in [5, 5.41) is 17.0. The van der Waals surface area contributed by atoms with E-state index in [-0.39, 0.29) is 23.1 Å². The van der Waals surface area contributed by atoms with Crippen LogP contribution < -0.4 is 25.0 Å². The van der Waals surface area contributed by atoms with Gasteiger partial charge >= 0.3 is 5.69 Å². The number of anilines is 3. The third kappa shape index (κ3) is 11.2. The summed E-state index contributed by atoms with van der Waals surface area (Å²) >= 11 is 11.7. The van der Waals surface area contributed by atoms with E-state index in [0.717, 1.165) is 87.9 Å². The fourth-order valence-electron chi connectivity index (χ4n) is 8.50. The van der Waals surface area contributed by atoms with E-state index < -0.39 is 0 Å². The lowest BCUT2D eigenvalue weighted by Gasteiger charge is -2.34. The highest BCUT2D eigenvalue weighted by molar-refractivity contribution is 6.18. The van der Waals surface area contributed by atoms with E-state index in [9.17, 15) is 10.1 Å². The lowest BCUT2D eigenvalue weighted by molar-refractivity contribution is -0.386. The first-order valence-electron chi connectivity index (χ1n) is 21.6. The first-order chi connectivity index (χ1) is 30.2. The highest BCUT2D eigenvalue weighted by Gasteiger charge is 2.26. The van der Waals surface area contributed by atoms with Crippen LogP contribution in [0.25, 0.3) is 21.5 Å². The van der Waals surface area contributed by atoms with Crippen LogP contribution in [-0.4, -0.2) is 106 Å². The van der Waals surface area contributed by atoms with Gasteiger partial charge in [0.05, 0.1) is 22.4 Å².